The van der Waals surface area contributed by atoms with Crippen molar-refractivity contribution in [3.05, 3.63) is 47.0 Å². The summed E-state index contributed by atoms with van der Waals surface area (Å²) in [5, 5.41) is 1.80. The summed E-state index contributed by atoms with van der Waals surface area (Å²) in [7, 11) is 0. The molecule has 1 aromatic rings. The first-order valence-corrected chi connectivity index (χ1v) is 4.74. The molecule has 2 heterocycles. The summed E-state index contributed by atoms with van der Waals surface area (Å²) in [6.45, 7) is 0. The Bertz CT molecular complexity index is 576. The number of nitrogens with zero attached hydrogens (tertiary/aromatic N) is 2. The molecule has 72 valence electrons. The number of ketones is 1. The van der Waals surface area contributed by atoms with Gasteiger partial charge in [-0.1, -0.05) is 18.2 Å². The molecule has 0 N–H and O–H groups in total. The third kappa shape index (κ3) is 1.09. The third-order valence-electron chi connectivity index (χ3n) is 2.55. The van der Waals surface area contributed by atoms with Crippen LogP contribution in [0.1, 0.15) is 0 Å². The fourth-order valence-electron chi connectivity index (χ4n) is 1.81. The van der Waals surface area contributed by atoms with Crippen LogP contribution in [0.4, 0.5) is 0 Å². The molecule has 3 nitrogen and oxygen atoms in total. The predicted molar refractivity (Wildman–Crippen MR) is 57.1 cm³/mol. The molecule has 1 aromatic carbocycles. The minimum atomic E-state index is -1.02. The SMILES string of the molecule is O=C1C=CC=NC12C=c1ccccc1=N2. The number of dihydropyridines is 1. The molecule has 1 unspecified atom stereocenters. The van der Waals surface area contributed by atoms with E-state index in [1.807, 2.05) is 30.3 Å². The second-order valence-electron chi connectivity index (χ2n) is 3.54. The van der Waals surface area contributed by atoms with Gasteiger partial charge in [0, 0.05) is 11.4 Å². The van der Waals surface area contributed by atoms with Crippen molar-refractivity contribution in [1.82, 2.24) is 0 Å². The number of allylic oxidation sites excluding steroid dienone is 1. The van der Waals surface area contributed by atoms with E-state index in [1.54, 1.807) is 12.3 Å². The Hall–Kier alpha value is -2.03. The Morgan fingerprint density at radius 2 is 2.07 bits per heavy atom. The van der Waals surface area contributed by atoms with E-state index in [1.165, 1.54) is 6.08 Å². The maximum Gasteiger partial charge on any atom is 0.232 e. The lowest BCUT2D eigenvalue weighted by molar-refractivity contribution is -0.117. The van der Waals surface area contributed by atoms with Crippen LogP contribution >= 0.6 is 0 Å². The Balaban J connectivity index is 2.29. The van der Waals surface area contributed by atoms with Gasteiger partial charge in [-0.05, 0) is 24.3 Å². The number of carbonyl (C=O) groups excluding carboxylic acids is 1. The first-order valence-electron chi connectivity index (χ1n) is 4.74. The fourth-order valence-corrected chi connectivity index (χ4v) is 1.81. The molecule has 0 radical (unpaired) electrons. The summed E-state index contributed by atoms with van der Waals surface area (Å²) in [5.74, 6) is -0.0822. The van der Waals surface area contributed by atoms with E-state index in [0.717, 1.165) is 10.6 Å². The molecule has 0 saturated carbocycles. The molecular weight excluding hydrogens is 188 g/mol. The zero-order valence-corrected chi connectivity index (χ0v) is 7.92. The third-order valence-corrected chi connectivity index (χ3v) is 2.55. The van der Waals surface area contributed by atoms with E-state index in [2.05, 4.69) is 9.98 Å². The minimum absolute atomic E-state index is 0.0822. The van der Waals surface area contributed by atoms with Gasteiger partial charge in [0.2, 0.25) is 11.4 Å². The molecule has 0 aliphatic carbocycles. The minimum Gasteiger partial charge on any atom is -0.289 e. The second kappa shape index (κ2) is 2.73. The van der Waals surface area contributed by atoms with E-state index in [0.29, 0.717) is 0 Å². The van der Waals surface area contributed by atoms with Crippen LogP contribution in [0.2, 0.25) is 0 Å². The first-order chi connectivity index (χ1) is 7.30. The second-order valence-corrected chi connectivity index (χ2v) is 3.54. The first kappa shape index (κ1) is 8.29. The molecule has 3 heteroatoms. The average Bonchev–Trinajstić information content (AvgIpc) is 2.62. The number of hydrogen-bond donors (Lipinski definition) is 0. The maximum absolute atomic E-state index is 11.8. The molecule has 1 spiro atoms. The van der Waals surface area contributed by atoms with Crippen molar-refractivity contribution < 1.29 is 4.79 Å². The van der Waals surface area contributed by atoms with Gasteiger partial charge in [-0.15, -0.1) is 0 Å². The smallest absolute Gasteiger partial charge is 0.232 e. The number of fused-ring (bicyclic) bond motifs is 1. The number of carbonyl (C=O) groups is 1. The van der Waals surface area contributed by atoms with Gasteiger partial charge >= 0.3 is 0 Å². The number of rotatable bonds is 0. The summed E-state index contributed by atoms with van der Waals surface area (Å²) >= 11 is 0. The highest BCUT2D eigenvalue weighted by Crippen LogP contribution is 2.20. The van der Waals surface area contributed by atoms with Gasteiger partial charge in [0.1, 0.15) is 0 Å². The van der Waals surface area contributed by atoms with Crippen LogP contribution in [0.5, 0.6) is 0 Å². The lowest BCUT2D eigenvalue weighted by Crippen LogP contribution is -2.31. The van der Waals surface area contributed by atoms with E-state index in [9.17, 15) is 4.79 Å². The molecule has 0 bridgehead atoms. The highest BCUT2D eigenvalue weighted by Gasteiger charge is 2.36. The average molecular weight is 196 g/mol. The van der Waals surface area contributed by atoms with Gasteiger partial charge in [0.25, 0.3) is 0 Å². The van der Waals surface area contributed by atoms with Crippen LogP contribution in [-0.2, 0) is 4.79 Å². The summed E-state index contributed by atoms with van der Waals surface area (Å²) in [6, 6.07) is 7.66. The fraction of sp³-hybridized carbons (Fsp3) is 0.0833. The Labute approximate surface area is 86.2 Å². The lowest BCUT2D eigenvalue weighted by atomic mass is 10.0. The standard InChI is InChI=1S/C12H8N2O/c15-11-6-3-7-13-12(11)8-9-4-1-2-5-10(9)14-12/h1-8H. The molecule has 3 rings (SSSR count). The van der Waals surface area contributed by atoms with Crippen LogP contribution in [-0.4, -0.2) is 17.7 Å². The Kier molecular flexibility index (Phi) is 1.51. The van der Waals surface area contributed by atoms with Crippen molar-refractivity contribution in [1.29, 1.82) is 0 Å². The van der Waals surface area contributed by atoms with Crippen LogP contribution in [0.25, 0.3) is 6.08 Å². The van der Waals surface area contributed by atoms with Gasteiger partial charge < -0.3 is 0 Å². The zero-order chi connectivity index (χ0) is 10.3. The predicted octanol–water partition coefficient (Wildman–Crippen LogP) is 0.00630. The molecule has 2 aliphatic rings. The summed E-state index contributed by atoms with van der Waals surface area (Å²) < 4.78 is 0. The molecule has 15 heavy (non-hydrogen) atoms. The highest BCUT2D eigenvalue weighted by atomic mass is 16.1. The van der Waals surface area contributed by atoms with Crippen molar-refractivity contribution in [3.8, 4) is 0 Å². The number of hydrogen-bond acceptors (Lipinski definition) is 3. The Morgan fingerprint density at radius 3 is 2.87 bits per heavy atom. The van der Waals surface area contributed by atoms with Crippen molar-refractivity contribution >= 4 is 18.1 Å². The van der Waals surface area contributed by atoms with Gasteiger partial charge in [0.15, 0.2) is 0 Å². The molecule has 0 aromatic heterocycles. The zero-order valence-electron chi connectivity index (χ0n) is 7.92. The molecule has 0 saturated heterocycles. The van der Waals surface area contributed by atoms with Crippen molar-refractivity contribution in [2.75, 3.05) is 0 Å². The van der Waals surface area contributed by atoms with Crippen LogP contribution < -0.4 is 10.6 Å². The van der Waals surface area contributed by atoms with Gasteiger partial charge in [-0.25, -0.2) is 4.99 Å². The molecule has 0 amide bonds. The maximum atomic E-state index is 11.8. The molecule has 1 atom stereocenters. The molecular formula is C12H8N2O. The summed E-state index contributed by atoms with van der Waals surface area (Å²) in [6.07, 6.45) is 6.58. The quantitative estimate of drug-likeness (QED) is 0.576. The normalized spacial score (nSPS) is 26.3. The topological polar surface area (TPSA) is 41.8 Å². The van der Waals surface area contributed by atoms with Crippen LogP contribution in [0, 0.1) is 0 Å². The Morgan fingerprint density at radius 1 is 1.20 bits per heavy atom. The van der Waals surface area contributed by atoms with Gasteiger partial charge in [-0.3, -0.25) is 9.79 Å². The van der Waals surface area contributed by atoms with Gasteiger partial charge in [-0.2, -0.15) is 0 Å². The summed E-state index contributed by atoms with van der Waals surface area (Å²) in [4.78, 5) is 20.3. The number of aliphatic imine (C=N–C) groups is 1. The largest absolute Gasteiger partial charge is 0.289 e. The van der Waals surface area contributed by atoms with Crippen molar-refractivity contribution in [2.24, 2.45) is 9.98 Å². The van der Waals surface area contributed by atoms with Crippen LogP contribution in [0.3, 0.4) is 0 Å². The van der Waals surface area contributed by atoms with E-state index in [-0.39, 0.29) is 5.78 Å². The van der Waals surface area contributed by atoms with Crippen LogP contribution in [0.15, 0.2) is 46.4 Å². The molecule has 2 aliphatic heterocycles. The van der Waals surface area contributed by atoms with Gasteiger partial charge in [0.05, 0.1) is 5.36 Å². The van der Waals surface area contributed by atoms with Crippen molar-refractivity contribution in [2.45, 2.75) is 5.66 Å². The number of para-hydroxylation sites is 1. The van der Waals surface area contributed by atoms with E-state index >= 15 is 0 Å². The van der Waals surface area contributed by atoms with E-state index < -0.39 is 5.66 Å². The highest BCUT2D eigenvalue weighted by molar-refractivity contribution is 6.08. The molecule has 0 fully saturated rings. The van der Waals surface area contributed by atoms with E-state index in [4.69, 9.17) is 0 Å². The number of benzene rings is 1. The lowest BCUT2D eigenvalue weighted by Gasteiger charge is -2.17. The summed E-state index contributed by atoms with van der Waals surface area (Å²) in [5.41, 5.74) is -1.02. The monoisotopic (exact) mass is 196 g/mol. The van der Waals surface area contributed by atoms with Crippen molar-refractivity contribution in [3.63, 3.8) is 0 Å².